The van der Waals surface area contributed by atoms with Crippen molar-refractivity contribution in [1.82, 2.24) is 14.8 Å². The maximum Gasteiger partial charge on any atom is 0.176 e. The Morgan fingerprint density at radius 2 is 2.05 bits per heavy atom. The van der Waals surface area contributed by atoms with Crippen molar-refractivity contribution in [2.45, 2.75) is 6.54 Å². The summed E-state index contributed by atoms with van der Waals surface area (Å²) in [6.45, 7) is 0.312. The fourth-order valence-corrected chi connectivity index (χ4v) is 2.18. The summed E-state index contributed by atoms with van der Waals surface area (Å²) in [6, 6.07) is 10.4. The largest absolute Gasteiger partial charge is 0.378 e. The molecule has 1 N–H and O–H groups in total. The molecule has 0 aliphatic heterocycles. The van der Waals surface area contributed by atoms with Crippen LogP contribution < -0.4 is 5.32 Å². The molecular formula is C15H12ClFN4. The van der Waals surface area contributed by atoms with Gasteiger partial charge < -0.3 is 5.32 Å². The van der Waals surface area contributed by atoms with Crippen LogP contribution in [0.3, 0.4) is 0 Å². The van der Waals surface area contributed by atoms with Crippen LogP contribution in [0.5, 0.6) is 0 Å². The van der Waals surface area contributed by atoms with E-state index < -0.39 is 5.82 Å². The van der Waals surface area contributed by atoms with E-state index in [-0.39, 0.29) is 5.02 Å². The standard InChI is InChI=1S/C15H12ClFN4/c16-12-5-1-4-11(14(12)17)10-19-13-6-2-7-18-15(13)21-9-3-8-20-21/h1-9,19H,10H2. The molecule has 106 valence electrons. The number of nitrogens with one attached hydrogen (secondary N) is 1. The van der Waals surface area contributed by atoms with Gasteiger partial charge in [-0.25, -0.2) is 14.1 Å². The second-order valence-electron chi connectivity index (χ2n) is 4.39. The molecule has 4 nitrogen and oxygen atoms in total. The third-order valence-corrected chi connectivity index (χ3v) is 3.30. The van der Waals surface area contributed by atoms with Gasteiger partial charge in [0, 0.05) is 30.7 Å². The first kappa shape index (κ1) is 13.6. The molecule has 21 heavy (non-hydrogen) atoms. The second kappa shape index (κ2) is 5.93. The lowest BCUT2D eigenvalue weighted by Crippen LogP contribution is -2.07. The maximum absolute atomic E-state index is 13.9. The monoisotopic (exact) mass is 302 g/mol. The lowest BCUT2D eigenvalue weighted by Gasteiger charge is -2.11. The average Bonchev–Trinajstić information content (AvgIpc) is 3.03. The molecular weight excluding hydrogens is 291 g/mol. The molecule has 0 unspecified atom stereocenters. The highest BCUT2D eigenvalue weighted by Crippen LogP contribution is 2.21. The van der Waals surface area contributed by atoms with E-state index in [1.165, 1.54) is 6.07 Å². The lowest BCUT2D eigenvalue weighted by atomic mass is 10.2. The highest BCUT2D eigenvalue weighted by Gasteiger charge is 2.09. The molecule has 6 heteroatoms. The van der Waals surface area contributed by atoms with Crippen LogP contribution in [-0.2, 0) is 6.54 Å². The molecule has 0 bridgehead atoms. The van der Waals surface area contributed by atoms with Gasteiger partial charge in [0.25, 0.3) is 0 Å². The van der Waals surface area contributed by atoms with Gasteiger partial charge in [0.05, 0.1) is 10.7 Å². The van der Waals surface area contributed by atoms with Crippen molar-refractivity contribution in [3.63, 3.8) is 0 Å². The van der Waals surface area contributed by atoms with Crippen LogP contribution in [0, 0.1) is 5.82 Å². The molecule has 0 atom stereocenters. The molecule has 0 saturated heterocycles. The van der Waals surface area contributed by atoms with Crippen molar-refractivity contribution in [3.8, 4) is 5.82 Å². The van der Waals surface area contributed by atoms with Crippen LogP contribution in [0.25, 0.3) is 5.82 Å². The molecule has 0 saturated carbocycles. The van der Waals surface area contributed by atoms with Crippen LogP contribution in [0.15, 0.2) is 55.0 Å². The minimum atomic E-state index is -0.406. The Morgan fingerprint density at radius 1 is 1.14 bits per heavy atom. The van der Waals surface area contributed by atoms with Crippen LogP contribution in [0.2, 0.25) is 5.02 Å². The molecule has 2 heterocycles. The summed E-state index contributed by atoms with van der Waals surface area (Å²) in [5, 5.41) is 7.44. The van der Waals surface area contributed by atoms with E-state index in [0.29, 0.717) is 17.9 Å². The fourth-order valence-electron chi connectivity index (χ4n) is 1.99. The van der Waals surface area contributed by atoms with Gasteiger partial charge in [-0.15, -0.1) is 0 Å². The second-order valence-corrected chi connectivity index (χ2v) is 4.80. The Hall–Kier alpha value is -2.40. The van der Waals surface area contributed by atoms with E-state index in [2.05, 4.69) is 15.4 Å². The van der Waals surface area contributed by atoms with Crippen molar-refractivity contribution >= 4 is 17.3 Å². The van der Waals surface area contributed by atoms with Crippen molar-refractivity contribution in [2.75, 3.05) is 5.32 Å². The number of rotatable bonds is 4. The molecule has 0 fully saturated rings. The van der Waals surface area contributed by atoms with E-state index in [9.17, 15) is 4.39 Å². The quantitative estimate of drug-likeness (QED) is 0.799. The van der Waals surface area contributed by atoms with Gasteiger partial charge in [-0.05, 0) is 24.3 Å². The molecule has 3 rings (SSSR count). The Morgan fingerprint density at radius 3 is 2.86 bits per heavy atom. The predicted molar refractivity (Wildman–Crippen MR) is 80.1 cm³/mol. The Balaban J connectivity index is 1.85. The minimum absolute atomic E-state index is 0.118. The van der Waals surface area contributed by atoms with Crippen LogP contribution >= 0.6 is 11.6 Å². The van der Waals surface area contributed by atoms with E-state index in [0.717, 1.165) is 5.69 Å². The average molecular weight is 303 g/mol. The molecule has 0 aliphatic carbocycles. The van der Waals surface area contributed by atoms with E-state index in [1.54, 1.807) is 35.4 Å². The van der Waals surface area contributed by atoms with Crippen molar-refractivity contribution < 1.29 is 4.39 Å². The number of hydrogen-bond acceptors (Lipinski definition) is 3. The third kappa shape index (κ3) is 2.87. The topological polar surface area (TPSA) is 42.7 Å². The summed E-state index contributed by atoms with van der Waals surface area (Å²) in [4.78, 5) is 4.29. The van der Waals surface area contributed by atoms with Gasteiger partial charge >= 0.3 is 0 Å². The number of anilines is 1. The molecule has 3 aromatic rings. The van der Waals surface area contributed by atoms with Crippen LogP contribution in [0.4, 0.5) is 10.1 Å². The summed E-state index contributed by atoms with van der Waals surface area (Å²) in [5.41, 5.74) is 1.26. The van der Waals surface area contributed by atoms with Gasteiger partial charge in [0.15, 0.2) is 5.82 Å². The Kier molecular flexibility index (Phi) is 3.83. The Bertz CT molecular complexity index is 743. The summed E-state index contributed by atoms with van der Waals surface area (Å²) >= 11 is 5.78. The Labute approximate surface area is 126 Å². The summed E-state index contributed by atoms with van der Waals surface area (Å²) < 4.78 is 15.5. The third-order valence-electron chi connectivity index (χ3n) is 3.01. The summed E-state index contributed by atoms with van der Waals surface area (Å²) in [6.07, 6.45) is 5.16. The smallest absolute Gasteiger partial charge is 0.176 e. The fraction of sp³-hybridized carbons (Fsp3) is 0.0667. The normalized spacial score (nSPS) is 10.6. The van der Waals surface area contributed by atoms with Gasteiger partial charge in [-0.1, -0.05) is 23.7 Å². The lowest BCUT2D eigenvalue weighted by molar-refractivity contribution is 0.613. The van der Waals surface area contributed by atoms with Gasteiger partial charge in [-0.3, -0.25) is 0 Å². The zero-order chi connectivity index (χ0) is 14.7. The number of halogens is 2. The SMILES string of the molecule is Fc1c(Cl)cccc1CNc1cccnc1-n1cccn1. The van der Waals surface area contributed by atoms with Crippen molar-refractivity contribution in [1.29, 1.82) is 0 Å². The molecule has 0 radical (unpaired) electrons. The molecule has 0 spiro atoms. The maximum atomic E-state index is 13.9. The van der Waals surface area contributed by atoms with Gasteiger partial charge in [0.1, 0.15) is 5.82 Å². The molecule has 0 aliphatic rings. The van der Waals surface area contributed by atoms with Crippen molar-refractivity contribution in [3.05, 3.63) is 71.4 Å². The van der Waals surface area contributed by atoms with E-state index >= 15 is 0 Å². The zero-order valence-corrected chi connectivity index (χ0v) is 11.8. The minimum Gasteiger partial charge on any atom is -0.378 e. The number of pyridine rings is 1. The van der Waals surface area contributed by atoms with E-state index in [4.69, 9.17) is 11.6 Å². The highest BCUT2D eigenvalue weighted by atomic mass is 35.5. The van der Waals surface area contributed by atoms with Crippen LogP contribution in [0.1, 0.15) is 5.56 Å². The first-order valence-electron chi connectivity index (χ1n) is 6.37. The predicted octanol–water partition coefficient (Wildman–Crippen LogP) is 3.67. The highest BCUT2D eigenvalue weighted by molar-refractivity contribution is 6.30. The summed E-state index contributed by atoms with van der Waals surface area (Å²) in [7, 11) is 0. The first-order chi connectivity index (χ1) is 10.3. The van der Waals surface area contributed by atoms with Crippen LogP contribution in [-0.4, -0.2) is 14.8 Å². The zero-order valence-electron chi connectivity index (χ0n) is 11.0. The molecule has 2 aromatic heterocycles. The van der Waals surface area contributed by atoms with Gasteiger partial charge in [-0.2, -0.15) is 5.10 Å². The van der Waals surface area contributed by atoms with E-state index in [1.807, 2.05) is 18.2 Å². The number of benzene rings is 1. The number of nitrogens with zero attached hydrogens (tertiary/aromatic N) is 3. The first-order valence-corrected chi connectivity index (χ1v) is 6.75. The molecule has 0 amide bonds. The number of hydrogen-bond donors (Lipinski definition) is 1. The summed E-state index contributed by atoms with van der Waals surface area (Å²) in [5.74, 6) is 0.251. The number of aromatic nitrogens is 3. The van der Waals surface area contributed by atoms with Crippen molar-refractivity contribution in [2.24, 2.45) is 0 Å². The molecule has 1 aromatic carbocycles. The van der Waals surface area contributed by atoms with Gasteiger partial charge in [0.2, 0.25) is 0 Å².